The predicted molar refractivity (Wildman–Crippen MR) is 99.9 cm³/mol. The molecule has 1 heterocycles. The summed E-state index contributed by atoms with van der Waals surface area (Å²) in [5.74, 6) is 0.110. The van der Waals surface area contributed by atoms with Crippen LogP contribution in [0.25, 0.3) is 0 Å². The van der Waals surface area contributed by atoms with Crippen molar-refractivity contribution >= 4 is 15.9 Å². The summed E-state index contributed by atoms with van der Waals surface area (Å²) in [6, 6.07) is 3.65. The predicted octanol–water partition coefficient (Wildman–Crippen LogP) is 1.01. The van der Waals surface area contributed by atoms with E-state index in [0.29, 0.717) is 13.2 Å². The second kappa shape index (κ2) is 8.37. The Balaban J connectivity index is 1.94. The Morgan fingerprint density at radius 1 is 1.23 bits per heavy atom. The molecule has 0 aliphatic carbocycles. The number of benzene rings is 1. The number of amides is 1. The van der Waals surface area contributed by atoms with Gasteiger partial charge in [-0.3, -0.25) is 4.79 Å². The van der Waals surface area contributed by atoms with Crippen LogP contribution in [0.2, 0.25) is 0 Å². The van der Waals surface area contributed by atoms with E-state index in [1.54, 1.807) is 0 Å². The lowest BCUT2D eigenvalue weighted by Crippen LogP contribution is -2.45. The summed E-state index contributed by atoms with van der Waals surface area (Å²) in [5, 5.41) is 2.84. The van der Waals surface area contributed by atoms with Crippen molar-refractivity contribution in [2.24, 2.45) is 5.92 Å². The molecule has 1 aliphatic heterocycles. The van der Waals surface area contributed by atoms with Gasteiger partial charge >= 0.3 is 0 Å². The van der Waals surface area contributed by atoms with Crippen molar-refractivity contribution in [3.63, 3.8) is 0 Å². The monoisotopic (exact) mass is 384 g/mol. The van der Waals surface area contributed by atoms with Gasteiger partial charge in [0, 0.05) is 20.0 Å². The van der Waals surface area contributed by atoms with E-state index in [9.17, 15) is 13.2 Å². The van der Waals surface area contributed by atoms with Crippen LogP contribution in [0.15, 0.2) is 12.1 Å². The zero-order valence-electron chi connectivity index (χ0n) is 16.0. The van der Waals surface area contributed by atoms with Crippen molar-refractivity contribution in [2.45, 2.75) is 26.8 Å². The Morgan fingerprint density at radius 3 is 2.54 bits per heavy atom. The molecule has 1 aliphatic rings. The van der Waals surface area contributed by atoms with Crippen LogP contribution in [0.5, 0.6) is 5.75 Å². The second-order valence-corrected chi connectivity index (χ2v) is 9.20. The van der Waals surface area contributed by atoms with E-state index in [1.165, 1.54) is 18.4 Å². The summed E-state index contributed by atoms with van der Waals surface area (Å²) < 4.78 is 36.4. The van der Waals surface area contributed by atoms with Gasteiger partial charge in [0.15, 0.2) is 6.61 Å². The lowest BCUT2D eigenvalue weighted by atomic mass is 10.1. The number of hydrogen-bond acceptors (Lipinski definition) is 5. The maximum absolute atomic E-state index is 12.3. The third kappa shape index (κ3) is 4.96. The van der Waals surface area contributed by atoms with E-state index in [0.717, 1.165) is 22.4 Å². The molecular formula is C18H28N2O5S. The number of rotatable bonds is 7. The molecule has 0 unspecified atom stereocenters. The van der Waals surface area contributed by atoms with E-state index in [2.05, 4.69) is 5.32 Å². The molecule has 26 heavy (non-hydrogen) atoms. The molecule has 2 atom stereocenters. The van der Waals surface area contributed by atoms with Gasteiger partial charge < -0.3 is 14.8 Å². The Labute approximate surface area is 155 Å². The molecule has 0 spiro atoms. The van der Waals surface area contributed by atoms with Gasteiger partial charge in [-0.15, -0.1) is 0 Å². The standard InChI is InChI=1S/C18H28N2O5S/c1-12-6-7-13(2)18(14(12)3)25-10-17(21)19-16-9-24-8-15(16)11-26(22,23)20(4)5/h6-7,15-16H,8-11H2,1-5H3,(H,19,21)/t15-,16-/m0/s1. The first-order valence-electron chi connectivity index (χ1n) is 8.58. The molecule has 1 amide bonds. The molecule has 2 rings (SSSR count). The Morgan fingerprint density at radius 2 is 1.88 bits per heavy atom. The van der Waals surface area contributed by atoms with Gasteiger partial charge in [0.25, 0.3) is 5.91 Å². The number of carbonyl (C=O) groups excluding carboxylic acids is 1. The molecule has 0 bridgehead atoms. The molecule has 146 valence electrons. The van der Waals surface area contributed by atoms with Crippen molar-refractivity contribution < 1.29 is 22.7 Å². The smallest absolute Gasteiger partial charge is 0.258 e. The van der Waals surface area contributed by atoms with Gasteiger partial charge in [-0.2, -0.15) is 0 Å². The van der Waals surface area contributed by atoms with Crippen molar-refractivity contribution in [1.29, 1.82) is 0 Å². The van der Waals surface area contributed by atoms with Crippen molar-refractivity contribution in [3.05, 3.63) is 28.8 Å². The van der Waals surface area contributed by atoms with Gasteiger partial charge in [-0.1, -0.05) is 12.1 Å². The topological polar surface area (TPSA) is 84.9 Å². The Kier molecular flexibility index (Phi) is 6.65. The largest absolute Gasteiger partial charge is 0.483 e. The highest BCUT2D eigenvalue weighted by Crippen LogP contribution is 2.25. The number of nitrogens with zero attached hydrogens (tertiary/aromatic N) is 1. The lowest BCUT2D eigenvalue weighted by Gasteiger charge is -2.21. The van der Waals surface area contributed by atoms with Crippen LogP contribution in [0.4, 0.5) is 0 Å². The fourth-order valence-corrected chi connectivity index (χ4v) is 4.04. The van der Waals surface area contributed by atoms with Crippen molar-refractivity contribution in [1.82, 2.24) is 9.62 Å². The van der Waals surface area contributed by atoms with Crippen LogP contribution in [0.1, 0.15) is 16.7 Å². The average Bonchev–Trinajstić information content (AvgIpc) is 2.97. The number of sulfonamides is 1. The molecule has 0 radical (unpaired) electrons. The summed E-state index contributed by atoms with van der Waals surface area (Å²) in [6.45, 7) is 6.40. The quantitative estimate of drug-likeness (QED) is 0.759. The maximum Gasteiger partial charge on any atom is 0.258 e. The highest BCUT2D eigenvalue weighted by atomic mass is 32.2. The van der Waals surface area contributed by atoms with Crippen molar-refractivity contribution in [2.75, 3.05) is 39.7 Å². The molecule has 1 aromatic rings. The molecule has 1 fully saturated rings. The number of nitrogens with one attached hydrogen (secondary N) is 1. The third-order valence-corrected chi connectivity index (χ3v) is 6.71. The second-order valence-electron chi connectivity index (χ2n) is 6.97. The molecule has 7 nitrogen and oxygen atoms in total. The van der Waals surface area contributed by atoms with E-state index >= 15 is 0 Å². The minimum Gasteiger partial charge on any atom is -0.483 e. The van der Waals surface area contributed by atoms with E-state index in [4.69, 9.17) is 9.47 Å². The van der Waals surface area contributed by atoms with Gasteiger partial charge in [-0.05, 0) is 37.5 Å². The van der Waals surface area contributed by atoms with Crippen LogP contribution >= 0.6 is 0 Å². The van der Waals surface area contributed by atoms with Gasteiger partial charge in [0.1, 0.15) is 5.75 Å². The van der Waals surface area contributed by atoms with Crippen LogP contribution in [-0.4, -0.2) is 64.3 Å². The maximum atomic E-state index is 12.3. The summed E-state index contributed by atoms with van der Waals surface area (Å²) in [7, 11) is -0.353. The van der Waals surface area contributed by atoms with Crippen LogP contribution < -0.4 is 10.1 Å². The van der Waals surface area contributed by atoms with Gasteiger partial charge in [0.2, 0.25) is 10.0 Å². The number of aryl methyl sites for hydroxylation is 2. The number of hydrogen-bond donors (Lipinski definition) is 1. The molecule has 1 aromatic carbocycles. The molecule has 8 heteroatoms. The van der Waals surface area contributed by atoms with Crippen LogP contribution in [0, 0.1) is 26.7 Å². The molecule has 0 aromatic heterocycles. The third-order valence-electron chi connectivity index (χ3n) is 4.75. The highest BCUT2D eigenvalue weighted by molar-refractivity contribution is 7.89. The minimum atomic E-state index is -3.35. The first kappa shape index (κ1) is 20.7. The van der Waals surface area contributed by atoms with E-state index in [-0.39, 0.29) is 30.2 Å². The molecule has 1 N–H and O–H groups in total. The molecule has 0 saturated carbocycles. The van der Waals surface area contributed by atoms with Crippen molar-refractivity contribution in [3.8, 4) is 5.75 Å². The zero-order chi connectivity index (χ0) is 19.5. The summed E-state index contributed by atoms with van der Waals surface area (Å²) in [4.78, 5) is 12.3. The normalized spacial score (nSPS) is 20.4. The zero-order valence-corrected chi connectivity index (χ0v) is 16.9. The number of carbonyl (C=O) groups is 1. The fourth-order valence-electron chi connectivity index (χ4n) is 2.88. The fraction of sp³-hybridized carbons (Fsp3) is 0.611. The summed E-state index contributed by atoms with van der Waals surface area (Å²) in [5.41, 5.74) is 3.08. The van der Waals surface area contributed by atoms with E-state index in [1.807, 2.05) is 32.9 Å². The van der Waals surface area contributed by atoms with Gasteiger partial charge in [0.05, 0.1) is 25.0 Å². The molecular weight excluding hydrogens is 356 g/mol. The Bertz CT molecular complexity index is 761. The first-order chi connectivity index (χ1) is 12.1. The summed E-state index contributed by atoms with van der Waals surface area (Å²) in [6.07, 6.45) is 0. The lowest BCUT2D eigenvalue weighted by molar-refractivity contribution is -0.124. The Hall–Kier alpha value is -1.64. The summed E-state index contributed by atoms with van der Waals surface area (Å²) >= 11 is 0. The first-order valence-corrected chi connectivity index (χ1v) is 10.2. The highest BCUT2D eigenvalue weighted by Gasteiger charge is 2.34. The van der Waals surface area contributed by atoms with Crippen LogP contribution in [0.3, 0.4) is 0 Å². The number of ether oxygens (including phenoxy) is 2. The average molecular weight is 384 g/mol. The van der Waals surface area contributed by atoms with Crippen LogP contribution in [-0.2, 0) is 19.6 Å². The van der Waals surface area contributed by atoms with Gasteiger partial charge in [-0.25, -0.2) is 12.7 Å². The minimum absolute atomic E-state index is 0.0537. The SMILES string of the molecule is Cc1ccc(C)c(OCC(=O)N[C@H]2COC[C@H]2CS(=O)(=O)N(C)C)c1C. The van der Waals surface area contributed by atoms with E-state index < -0.39 is 10.0 Å². The molecule has 1 saturated heterocycles.